The van der Waals surface area contributed by atoms with E-state index < -0.39 is 9.84 Å². The van der Waals surface area contributed by atoms with Crippen molar-refractivity contribution in [3.05, 3.63) is 77.9 Å². The Balaban J connectivity index is 2.02. The third kappa shape index (κ3) is 3.16. The lowest BCUT2D eigenvalue weighted by molar-refractivity contribution is 0.319. The standard InChI is InChI=1S/C19H17NO3S/c1-14-9-11-16(12-10-14)24(22,23)13-19(20-21)18-8-4-6-15-5-2-3-7-17(15)18/h2-12,21H,13H2,1H3/b20-19-. The first-order chi connectivity index (χ1) is 11.5. The van der Waals surface area contributed by atoms with Crippen molar-refractivity contribution >= 4 is 26.3 Å². The van der Waals surface area contributed by atoms with Gasteiger partial charge in [0.15, 0.2) is 9.84 Å². The van der Waals surface area contributed by atoms with E-state index in [1.54, 1.807) is 30.3 Å². The van der Waals surface area contributed by atoms with E-state index in [9.17, 15) is 13.6 Å². The highest BCUT2D eigenvalue weighted by Gasteiger charge is 2.20. The van der Waals surface area contributed by atoms with E-state index in [0.29, 0.717) is 5.56 Å². The molecule has 0 aliphatic rings. The van der Waals surface area contributed by atoms with Crippen LogP contribution in [0.5, 0.6) is 0 Å². The van der Waals surface area contributed by atoms with Crippen LogP contribution in [0, 0.1) is 6.92 Å². The van der Waals surface area contributed by atoms with Gasteiger partial charge in [-0.25, -0.2) is 8.42 Å². The van der Waals surface area contributed by atoms with Crippen molar-refractivity contribution in [3.8, 4) is 0 Å². The lowest BCUT2D eigenvalue weighted by Crippen LogP contribution is -2.18. The first-order valence-corrected chi connectivity index (χ1v) is 9.15. The molecule has 0 bridgehead atoms. The van der Waals surface area contributed by atoms with Gasteiger partial charge in [-0.1, -0.05) is 65.3 Å². The van der Waals surface area contributed by atoms with E-state index in [4.69, 9.17) is 0 Å². The average molecular weight is 339 g/mol. The molecule has 4 nitrogen and oxygen atoms in total. The molecule has 122 valence electrons. The summed E-state index contributed by atoms with van der Waals surface area (Å²) in [5.74, 6) is -0.361. The molecule has 0 aromatic heterocycles. The van der Waals surface area contributed by atoms with E-state index in [1.807, 2.05) is 43.3 Å². The molecule has 3 rings (SSSR count). The lowest BCUT2D eigenvalue weighted by Gasteiger charge is -2.10. The van der Waals surface area contributed by atoms with Crippen LogP contribution < -0.4 is 0 Å². The van der Waals surface area contributed by atoms with Crippen molar-refractivity contribution in [1.82, 2.24) is 0 Å². The SMILES string of the molecule is Cc1ccc(S(=O)(=O)C/C(=N/O)c2cccc3ccccc23)cc1. The van der Waals surface area contributed by atoms with E-state index >= 15 is 0 Å². The van der Waals surface area contributed by atoms with Crippen molar-refractivity contribution in [1.29, 1.82) is 0 Å². The summed E-state index contributed by atoms with van der Waals surface area (Å²) in [5, 5.41) is 14.5. The number of aryl methyl sites for hydroxylation is 1. The van der Waals surface area contributed by atoms with Crippen molar-refractivity contribution in [2.24, 2.45) is 5.16 Å². The Morgan fingerprint density at radius 1 is 0.958 bits per heavy atom. The topological polar surface area (TPSA) is 66.7 Å². The average Bonchev–Trinajstić information content (AvgIpc) is 2.60. The molecule has 0 heterocycles. The molecule has 0 spiro atoms. The molecule has 0 amide bonds. The van der Waals surface area contributed by atoms with Crippen LogP contribution in [0.15, 0.2) is 76.8 Å². The minimum absolute atomic E-state index is 0.132. The molecule has 0 unspecified atom stereocenters. The smallest absolute Gasteiger partial charge is 0.184 e. The third-order valence-electron chi connectivity index (χ3n) is 3.93. The minimum atomic E-state index is -3.60. The maximum absolute atomic E-state index is 12.6. The third-order valence-corrected chi connectivity index (χ3v) is 5.57. The number of fused-ring (bicyclic) bond motifs is 1. The van der Waals surface area contributed by atoms with Gasteiger partial charge in [0.05, 0.1) is 4.90 Å². The summed E-state index contributed by atoms with van der Waals surface area (Å²) < 4.78 is 25.3. The van der Waals surface area contributed by atoms with Gasteiger partial charge in [-0.15, -0.1) is 0 Å². The lowest BCUT2D eigenvalue weighted by atomic mass is 10.0. The van der Waals surface area contributed by atoms with Crippen molar-refractivity contribution < 1.29 is 13.6 Å². The van der Waals surface area contributed by atoms with Gasteiger partial charge in [-0.05, 0) is 29.8 Å². The Kier molecular flexibility index (Phi) is 4.36. The molecular weight excluding hydrogens is 322 g/mol. The number of nitrogens with zero attached hydrogens (tertiary/aromatic N) is 1. The molecular formula is C19H17NO3S. The highest BCUT2D eigenvalue weighted by molar-refractivity contribution is 7.92. The molecule has 0 aliphatic heterocycles. The first-order valence-electron chi connectivity index (χ1n) is 7.50. The van der Waals surface area contributed by atoms with Crippen molar-refractivity contribution in [2.75, 3.05) is 5.75 Å². The molecule has 0 aliphatic carbocycles. The monoisotopic (exact) mass is 339 g/mol. The van der Waals surface area contributed by atoms with Gasteiger partial charge in [-0.3, -0.25) is 0 Å². The highest BCUT2D eigenvalue weighted by atomic mass is 32.2. The molecule has 24 heavy (non-hydrogen) atoms. The summed E-state index contributed by atoms with van der Waals surface area (Å²) >= 11 is 0. The van der Waals surface area contributed by atoms with Crippen LogP contribution in [0.1, 0.15) is 11.1 Å². The van der Waals surface area contributed by atoms with E-state index in [-0.39, 0.29) is 16.4 Å². The van der Waals surface area contributed by atoms with Crippen molar-refractivity contribution in [3.63, 3.8) is 0 Å². The van der Waals surface area contributed by atoms with Crippen LogP contribution in [-0.2, 0) is 9.84 Å². The predicted molar refractivity (Wildman–Crippen MR) is 95.5 cm³/mol. The summed E-state index contributed by atoms with van der Waals surface area (Å²) in [6.45, 7) is 1.90. The van der Waals surface area contributed by atoms with E-state index in [0.717, 1.165) is 16.3 Å². The molecule has 5 heteroatoms. The largest absolute Gasteiger partial charge is 0.411 e. The Hall–Kier alpha value is -2.66. The summed E-state index contributed by atoms with van der Waals surface area (Å²) in [5.41, 5.74) is 1.73. The fourth-order valence-corrected chi connectivity index (χ4v) is 3.94. The van der Waals surface area contributed by atoms with Crippen LogP contribution >= 0.6 is 0 Å². The van der Waals surface area contributed by atoms with Crippen molar-refractivity contribution in [2.45, 2.75) is 11.8 Å². The quantitative estimate of drug-likeness (QED) is 0.447. The number of sulfone groups is 1. The maximum Gasteiger partial charge on any atom is 0.184 e. The predicted octanol–water partition coefficient (Wildman–Crippen LogP) is 3.80. The van der Waals surface area contributed by atoms with Gasteiger partial charge < -0.3 is 5.21 Å². The molecule has 0 fully saturated rings. The van der Waals surface area contributed by atoms with Gasteiger partial charge in [-0.2, -0.15) is 0 Å². The molecule has 0 atom stereocenters. The Morgan fingerprint density at radius 3 is 2.33 bits per heavy atom. The summed E-state index contributed by atoms with van der Waals surface area (Å²) in [6.07, 6.45) is 0. The number of oxime groups is 1. The second-order valence-electron chi connectivity index (χ2n) is 5.65. The number of benzene rings is 3. The van der Waals surface area contributed by atoms with Crippen LogP contribution in [0.4, 0.5) is 0 Å². The van der Waals surface area contributed by atoms with Gasteiger partial charge in [0.1, 0.15) is 11.5 Å². The second-order valence-corrected chi connectivity index (χ2v) is 7.64. The molecule has 0 radical (unpaired) electrons. The first kappa shape index (κ1) is 16.2. The van der Waals surface area contributed by atoms with Gasteiger partial charge >= 0.3 is 0 Å². The Labute approximate surface area is 141 Å². The molecule has 0 saturated carbocycles. The van der Waals surface area contributed by atoms with Gasteiger partial charge in [0, 0.05) is 5.56 Å². The van der Waals surface area contributed by atoms with Crippen LogP contribution in [0.3, 0.4) is 0 Å². The number of hydrogen-bond donors (Lipinski definition) is 1. The second kappa shape index (κ2) is 6.45. The summed E-state index contributed by atoms with van der Waals surface area (Å²) in [4.78, 5) is 0.217. The van der Waals surface area contributed by atoms with E-state index in [2.05, 4.69) is 5.16 Å². The molecule has 1 N–H and O–H groups in total. The van der Waals surface area contributed by atoms with E-state index in [1.165, 1.54) is 0 Å². The van der Waals surface area contributed by atoms with Crippen LogP contribution in [0.2, 0.25) is 0 Å². The minimum Gasteiger partial charge on any atom is -0.411 e. The molecule has 3 aromatic carbocycles. The zero-order chi connectivity index (χ0) is 17.2. The van der Waals surface area contributed by atoms with Gasteiger partial charge in [0.2, 0.25) is 0 Å². The molecule has 0 saturated heterocycles. The summed E-state index contributed by atoms with van der Waals surface area (Å²) in [6, 6.07) is 19.8. The Bertz CT molecular complexity index is 1000. The van der Waals surface area contributed by atoms with Gasteiger partial charge in [0.25, 0.3) is 0 Å². The molecule has 3 aromatic rings. The van der Waals surface area contributed by atoms with Crippen LogP contribution in [-0.4, -0.2) is 25.1 Å². The normalized spacial score (nSPS) is 12.5. The number of hydrogen-bond acceptors (Lipinski definition) is 4. The van der Waals surface area contributed by atoms with Crippen LogP contribution in [0.25, 0.3) is 10.8 Å². The fraction of sp³-hybridized carbons (Fsp3) is 0.105. The number of rotatable bonds is 4. The fourth-order valence-electron chi connectivity index (χ4n) is 2.65. The maximum atomic E-state index is 12.6. The zero-order valence-corrected chi connectivity index (χ0v) is 14.0. The summed E-state index contributed by atoms with van der Waals surface area (Å²) in [7, 11) is -3.60. The Morgan fingerprint density at radius 2 is 1.62 bits per heavy atom. The highest BCUT2D eigenvalue weighted by Crippen LogP contribution is 2.21. The zero-order valence-electron chi connectivity index (χ0n) is 13.2.